The molecular weight excluding hydrogens is 376 g/mol. The van der Waals surface area contributed by atoms with Crippen LogP contribution >= 0.6 is 0 Å². The number of rotatable bonds is 5. The third kappa shape index (κ3) is 3.88. The molecule has 4 rings (SSSR count). The zero-order valence-electron chi connectivity index (χ0n) is 18.5. The Morgan fingerprint density at radius 3 is 1.70 bits per heavy atom. The number of hydrogen-bond donors (Lipinski definition) is 0. The summed E-state index contributed by atoms with van der Waals surface area (Å²) in [6, 6.07) is 10.0. The topological polar surface area (TPSA) is 49.9 Å². The van der Waals surface area contributed by atoms with E-state index in [1.54, 1.807) is 0 Å². The smallest absolute Gasteiger partial charge is 0.167 e. The summed E-state index contributed by atoms with van der Waals surface area (Å²) >= 11 is 0. The van der Waals surface area contributed by atoms with E-state index in [0.29, 0.717) is 0 Å². The van der Waals surface area contributed by atoms with Crippen LogP contribution in [0.25, 0.3) is 0 Å². The summed E-state index contributed by atoms with van der Waals surface area (Å²) in [6.45, 7) is 1.44. The van der Waals surface area contributed by atoms with Crippen LogP contribution in [-0.4, -0.2) is 62.6 Å². The zero-order chi connectivity index (χ0) is 21.4. The molecule has 0 unspecified atom stereocenters. The maximum Gasteiger partial charge on any atom is 0.167 e. The van der Waals surface area contributed by atoms with Gasteiger partial charge in [-0.05, 0) is 46.6 Å². The van der Waals surface area contributed by atoms with Crippen molar-refractivity contribution in [3.05, 3.63) is 58.6 Å². The second-order valence-electron chi connectivity index (χ2n) is 9.34. The number of allylic oxidation sites excluding steroid dienone is 4. The van der Waals surface area contributed by atoms with Gasteiger partial charge < -0.3 is 14.5 Å². The monoisotopic (exact) mass is 408 g/mol. The number of ketones is 2. The zero-order valence-corrected chi connectivity index (χ0v) is 18.5. The number of carbonyl (C=O) groups is 2. The first kappa shape index (κ1) is 21.0. The molecule has 0 fully saturated rings. The van der Waals surface area contributed by atoms with E-state index in [1.165, 1.54) is 0 Å². The van der Waals surface area contributed by atoms with Gasteiger partial charge in [0.25, 0.3) is 0 Å². The van der Waals surface area contributed by atoms with Crippen molar-refractivity contribution in [2.24, 2.45) is 11.8 Å². The molecule has 2 aliphatic carbocycles. The van der Waals surface area contributed by atoms with Gasteiger partial charge in [0, 0.05) is 54.8 Å². The molecule has 0 saturated carbocycles. The van der Waals surface area contributed by atoms with Gasteiger partial charge in [0.05, 0.1) is 0 Å². The Morgan fingerprint density at radius 2 is 1.27 bits per heavy atom. The first-order valence-corrected chi connectivity index (χ1v) is 10.9. The van der Waals surface area contributed by atoms with Crippen molar-refractivity contribution in [3.8, 4) is 0 Å². The minimum atomic E-state index is -0.306. The maximum atomic E-state index is 13.6. The van der Waals surface area contributed by atoms with Crippen LogP contribution in [0, 0.1) is 11.8 Å². The lowest BCUT2D eigenvalue weighted by molar-refractivity contribution is -0.122. The lowest BCUT2D eigenvalue weighted by Gasteiger charge is -2.40. The van der Waals surface area contributed by atoms with Gasteiger partial charge in [0.2, 0.25) is 0 Å². The van der Waals surface area contributed by atoms with E-state index < -0.39 is 0 Å². The van der Waals surface area contributed by atoms with Crippen LogP contribution < -0.4 is 0 Å². The SMILES string of the molecule is CN(C)C[C@H]1CCC2=C(C1=O)C(c1ccccc1)C1=C(CC[C@H](CN(C)C)C1=O)O2. The van der Waals surface area contributed by atoms with Gasteiger partial charge >= 0.3 is 0 Å². The molecular formula is C25H32N2O3. The Kier molecular flexibility index (Phi) is 5.94. The third-order valence-electron chi connectivity index (χ3n) is 6.44. The van der Waals surface area contributed by atoms with Crippen molar-refractivity contribution >= 4 is 11.6 Å². The molecule has 0 radical (unpaired) electrons. The molecule has 0 amide bonds. The van der Waals surface area contributed by atoms with Crippen LogP contribution in [0.4, 0.5) is 0 Å². The predicted molar refractivity (Wildman–Crippen MR) is 117 cm³/mol. The van der Waals surface area contributed by atoms with Gasteiger partial charge in [-0.15, -0.1) is 0 Å². The average molecular weight is 409 g/mol. The molecule has 160 valence electrons. The number of hydrogen-bond acceptors (Lipinski definition) is 5. The highest BCUT2D eigenvalue weighted by molar-refractivity contribution is 6.07. The van der Waals surface area contributed by atoms with E-state index in [-0.39, 0.29) is 29.3 Å². The number of nitrogens with zero attached hydrogens (tertiary/aromatic N) is 2. The quantitative estimate of drug-likeness (QED) is 0.748. The highest BCUT2D eigenvalue weighted by Gasteiger charge is 2.46. The molecule has 1 aliphatic heterocycles. The molecule has 5 heteroatoms. The lowest BCUT2D eigenvalue weighted by atomic mass is 9.69. The Balaban J connectivity index is 1.78. The second kappa shape index (κ2) is 8.48. The molecule has 1 heterocycles. The van der Waals surface area contributed by atoms with Gasteiger partial charge in [-0.2, -0.15) is 0 Å². The van der Waals surface area contributed by atoms with E-state index in [1.807, 2.05) is 58.5 Å². The largest absolute Gasteiger partial charge is 0.465 e. The molecule has 0 aromatic heterocycles. The van der Waals surface area contributed by atoms with E-state index in [9.17, 15) is 9.59 Å². The minimum Gasteiger partial charge on any atom is -0.465 e. The Hall–Kier alpha value is -2.24. The first-order valence-electron chi connectivity index (χ1n) is 10.9. The van der Waals surface area contributed by atoms with Crippen molar-refractivity contribution in [3.63, 3.8) is 0 Å². The first-order chi connectivity index (χ1) is 14.4. The summed E-state index contributed by atoms with van der Waals surface area (Å²) in [7, 11) is 8.00. The molecule has 0 N–H and O–H groups in total. The van der Waals surface area contributed by atoms with E-state index in [2.05, 4.69) is 9.80 Å². The van der Waals surface area contributed by atoms with Gasteiger partial charge in [-0.25, -0.2) is 0 Å². The van der Waals surface area contributed by atoms with Crippen molar-refractivity contribution < 1.29 is 14.3 Å². The number of benzene rings is 1. The molecule has 1 aromatic rings. The van der Waals surface area contributed by atoms with Gasteiger partial charge in [-0.1, -0.05) is 30.3 Å². The summed E-state index contributed by atoms with van der Waals surface area (Å²) in [4.78, 5) is 31.4. The van der Waals surface area contributed by atoms with Gasteiger partial charge in [0.1, 0.15) is 11.5 Å². The number of carbonyl (C=O) groups excluding carboxylic acids is 2. The standard InChI is InChI=1S/C25H32N2O3/c1-26(2)14-17-10-12-19-22(24(17)28)21(16-8-6-5-7-9-16)23-20(30-19)13-11-18(25(23)29)15-27(3)4/h5-9,17-18,21H,10-15H2,1-4H3/t17-,18-/m1/s1. The Morgan fingerprint density at radius 1 is 0.800 bits per heavy atom. The lowest BCUT2D eigenvalue weighted by Crippen LogP contribution is -2.40. The summed E-state index contributed by atoms with van der Waals surface area (Å²) in [5, 5.41) is 0. The van der Waals surface area contributed by atoms with Crippen LogP contribution in [-0.2, 0) is 14.3 Å². The fourth-order valence-electron chi connectivity index (χ4n) is 5.18. The maximum absolute atomic E-state index is 13.6. The van der Waals surface area contributed by atoms with Crippen molar-refractivity contribution in [2.45, 2.75) is 31.6 Å². The summed E-state index contributed by atoms with van der Waals surface area (Å²) in [5.41, 5.74) is 2.45. The normalized spacial score (nSPS) is 25.0. The fourth-order valence-corrected chi connectivity index (χ4v) is 5.18. The van der Waals surface area contributed by atoms with Crippen LogP contribution in [0.15, 0.2) is 53.0 Å². The highest BCUT2D eigenvalue weighted by atomic mass is 16.5. The van der Waals surface area contributed by atoms with Crippen LogP contribution in [0.5, 0.6) is 0 Å². The summed E-state index contributed by atoms with van der Waals surface area (Å²) in [6.07, 6.45) is 3.12. The predicted octanol–water partition coefficient (Wildman–Crippen LogP) is 3.39. The van der Waals surface area contributed by atoms with Crippen molar-refractivity contribution in [2.75, 3.05) is 41.3 Å². The third-order valence-corrected chi connectivity index (χ3v) is 6.44. The molecule has 2 atom stereocenters. The van der Waals surface area contributed by atoms with Gasteiger partial charge in [-0.3, -0.25) is 9.59 Å². The van der Waals surface area contributed by atoms with E-state index >= 15 is 0 Å². The summed E-state index contributed by atoms with van der Waals surface area (Å²) < 4.78 is 6.28. The van der Waals surface area contributed by atoms with Crippen LogP contribution in [0.2, 0.25) is 0 Å². The number of ether oxygens (including phenoxy) is 1. The minimum absolute atomic E-state index is 0.0491. The van der Waals surface area contributed by atoms with E-state index in [4.69, 9.17) is 4.74 Å². The van der Waals surface area contributed by atoms with Crippen molar-refractivity contribution in [1.29, 1.82) is 0 Å². The Bertz CT molecular complexity index is 844. The number of Topliss-reactive ketones (excluding diaryl/α,β-unsaturated/α-hetero) is 2. The van der Waals surface area contributed by atoms with Crippen LogP contribution in [0.1, 0.15) is 37.2 Å². The molecule has 5 nitrogen and oxygen atoms in total. The molecule has 3 aliphatic rings. The average Bonchev–Trinajstić information content (AvgIpc) is 2.71. The van der Waals surface area contributed by atoms with E-state index in [0.717, 1.165) is 67.0 Å². The molecule has 1 aromatic carbocycles. The molecule has 30 heavy (non-hydrogen) atoms. The highest BCUT2D eigenvalue weighted by Crippen LogP contribution is 2.49. The molecule has 0 spiro atoms. The summed E-state index contributed by atoms with van der Waals surface area (Å²) in [5.74, 6) is 1.47. The molecule has 0 bridgehead atoms. The fraction of sp³-hybridized carbons (Fsp3) is 0.520. The Labute approximate surface area is 179 Å². The van der Waals surface area contributed by atoms with Crippen LogP contribution in [0.3, 0.4) is 0 Å². The van der Waals surface area contributed by atoms with Gasteiger partial charge in [0.15, 0.2) is 11.6 Å². The van der Waals surface area contributed by atoms with Crippen molar-refractivity contribution in [1.82, 2.24) is 9.80 Å². The molecule has 0 saturated heterocycles. The second-order valence-corrected chi connectivity index (χ2v) is 9.34.